The third kappa shape index (κ3) is 5.23. The molecule has 0 aliphatic heterocycles. The summed E-state index contributed by atoms with van der Waals surface area (Å²) in [5.74, 6) is 0.246. The molecule has 28 heavy (non-hydrogen) atoms. The summed E-state index contributed by atoms with van der Waals surface area (Å²) < 4.78 is 13.0. The molecule has 0 saturated heterocycles. The highest BCUT2D eigenvalue weighted by atomic mass is 35.5. The molecule has 156 valence electrons. The molecule has 2 unspecified atom stereocenters. The molecule has 0 radical (unpaired) electrons. The standard InChI is InChI=1S/C21H30FN3O2.ClH/c1-13(2)25(12-19(26)24-18-8-6-17(22)7-9-18)21(27)16-10-14-4-3-5-15(11-16)20(14)23;/h6-9,13-16,20H,3-5,10-12,23H2,1-2H3,(H,24,26);1H. The average molecular weight is 412 g/mol. The number of hydrogen-bond acceptors (Lipinski definition) is 3. The minimum Gasteiger partial charge on any atom is -0.331 e. The number of nitrogens with one attached hydrogen (secondary N) is 1. The van der Waals surface area contributed by atoms with Gasteiger partial charge >= 0.3 is 0 Å². The number of amides is 2. The van der Waals surface area contributed by atoms with Crippen molar-refractivity contribution in [1.29, 1.82) is 0 Å². The molecule has 2 saturated carbocycles. The van der Waals surface area contributed by atoms with E-state index in [1.165, 1.54) is 30.7 Å². The average Bonchev–Trinajstić information content (AvgIpc) is 2.60. The summed E-state index contributed by atoms with van der Waals surface area (Å²) in [5.41, 5.74) is 6.87. The van der Waals surface area contributed by atoms with E-state index in [4.69, 9.17) is 5.73 Å². The lowest BCUT2D eigenvalue weighted by Crippen LogP contribution is -2.51. The molecule has 2 aliphatic rings. The second kappa shape index (κ2) is 9.70. The zero-order chi connectivity index (χ0) is 19.6. The van der Waals surface area contributed by atoms with Crippen LogP contribution in [0.2, 0.25) is 0 Å². The fourth-order valence-electron chi connectivity index (χ4n) is 4.63. The number of nitrogens with two attached hydrogens (primary N) is 1. The SMILES string of the molecule is CC(C)N(CC(=O)Nc1ccc(F)cc1)C(=O)C1CC2CCCC(C1)C2N.Cl. The molecule has 7 heteroatoms. The Morgan fingerprint density at radius 2 is 1.75 bits per heavy atom. The number of hydrogen-bond donors (Lipinski definition) is 2. The third-order valence-corrected chi connectivity index (χ3v) is 6.11. The Kier molecular flexibility index (Phi) is 7.84. The summed E-state index contributed by atoms with van der Waals surface area (Å²) in [6.07, 6.45) is 5.08. The lowest BCUT2D eigenvalue weighted by atomic mass is 9.65. The number of rotatable bonds is 5. The summed E-state index contributed by atoms with van der Waals surface area (Å²) >= 11 is 0. The monoisotopic (exact) mass is 411 g/mol. The molecule has 3 N–H and O–H groups in total. The van der Waals surface area contributed by atoms with Gasteiger partial charge in [0.25, 0.3) is 0 Å². The van der Waals surface area contributed by atoms with Gasteiger partial charge in [-0.3, -0.25) is 9.59 Å². The smallest absolute Gasteiger partial charge is 0.244 e. The molecule has 2 atom stereocenters. The Hall–Kier alpha value is -1.66. The Morgan fingerprint density at radius 3 is 2.29 bits per heavy atom. The van der Waals surface area contributed by atoms with Crippen LogP contribution in [0.5, 0.6) is 0 Å². The van der Waals surface area contributed by atoms with Crippen LogP contribution in [0.15, 0.2) is 24.3 Å². The van der Waals surface area contributed by atoms with Gasteiger partial charge < -0.3 is 16.0 Å². The van der Waals surface area contributed by atoms with Crippen LogP contribution >= 0.6 is 12.4 Å². The highest BCUT2D eigenvalue weighted by Crippen LogP contribution is 2.42. The molecule has 5 nitrogen and oxygen atoms in total. The molecule has 2 aliphatic carbocycles. The predicted molar refractivity (Wildman–Crippen MR) is 111 cm³/mol. The number of halogens is 2. The van der Waals surface area contributed by atoms with E-state index in [0.717, 1.165) is 25.7 Å². The number of benzene rings is 1. The highest BCUT2D eigenvalue weighted by molar-refractivity contribution is 5.94. The summed E-state index contributed by atoms with van der Waals surface area (Å²) in [5, 5.41) is 2.74. The normalized spacial score (nSPS) is 26.3. The van der Waals surface area contributed by atoms with Gasteiger partial charge in [0.05, 0.1) is 0 Å². The van der Waals surface area contributed by atoms with Gasteiger partial charge in [-0.05, 0) is 75.6 Å². The molecule has 1 aromatic rings. The van der Waals surface area contributed by atoms with E-state index in [9.17, 15) is 14.0 Å². The lowest BCUT2D eigenvalue weighted by molar-refractivity contribution is -0.142. The fraction of sp³-hybridized carbons (Fsp3) is 0.619. The number of nitrogens with zero attached hydrogens (tertiary/aromatic N) is 1. The largest absolute Gasteiger partial charge is 0.331 e. The van der Waals surface area contributed by atoms with E-state index in [0.29, 0.717) is 17.5 Å². The zero-order valence-corrected chi connectivity index (χ0v) is 17.4. The molecule has 1 aromatic carbocycles. The van der Waals surface area contributed by atoms with Crippen molar-refractivity contribution in [2.75, 3.05) is 11.9 Å². The van der Waals surface area contributed by atoms with Crippen molar-refractivity contribution < 1.29 is 14.0 Å². The van der Waals surface area contributed by atoms with Crippen LogP contribution in [0.1, 0.15) is 46.0 Å². The van der Waals surface area contributed by atoms with Gasteiger partial charge in [0.15, 0.2) is 0 Å². The molecule has 0 heterocycles. The van der Waals surface area contributed by atoms with Crippen LogP contribution in [0.4, 0.5) is 10.1 Å². The Bertz CT molecular complexity index is 669. The first-order chi connectivity index (χ1) is 12.8. The van der Waals surface area contributed by atoms with Crippen LogP contribution in [-0.2, 0) is 9.59 Å². The molecule has 0 spiro atoms. The zero-order valence-electron chi connectivity index (χ0n) is 16.6. The molecule has 2 amide bonds. The lowest BCUT2D eigenvalue weighted by Gasteiger charge is -2.44. The van der Waals surface area contributed by atoms with Gasteiger partial charge in [0.2, 0.25) is 11.8 Å². The van der Waals surface area contributed by atoms with Crippen LogP contribution in [0.3, 0.4) is 0 Å². The van der Waals surface area contributed by atoms with Crippen molar-refractivity contribution in [3.8, 4) is 0 Å². The van der Waals surface area contributed by atoms with Crippen LogP contribution in [0.25, 0.3) is 0 Å². The maximum absolute atomic E-state index is 13.2. The van der Waals surface area contributed by atoms with E-state index >= 15 is 0 Å². The molecule has 0 aromatic heterocycles. The maximum atomic E-state index is 13.2. The molecule has 2 fully saturated rings. The fourth-order valence-corrected chi connectivity index (χ4v) is 4.63. The molecular formula is C21H31ClFN3O2. The minimum atomic E-state index is -0.354. The molecular weight excluding hydrogens is 381 g/mol. The van der Waals surface area contributed by atoms with E-state index in [2.05, 4.69) is 5.32 Å². The molecule has 3 rings (SSSR count). The van der Waals surface area contributed by atoms with Gasteiger partial charge in [-0.15, -0.1) is 12.4 Å². The van der Waals surface area contributed by atoms with Crippen molar-refractivity contribution in [2.45, 2.75) is 58.0 Å². The van der Waals surface area contributed by atoms with E-state index in [-0.39, 0.29) is 54.6 Å². The topological polar surface area (TPSA) is 75.4 Å². The first-order valence-corrected chi connectivity index (χ1v) is 9.96. The molecule has 2 bridgehead atoms. The predicted octanol–water partition coefficient (Wildman–Crippen LogP) is 3.58. The second-order valence-electron chi connectivity index (χ2n) is 8.31. The van der Waals surface area contributed by atoms with E-state index in [1.807, 2.05) is 13.8 Å². The summed E-state index contributed by atoms with van der Waals surface area (Å²) in [7, 11) is 0. The Balaban J connectivity index is 0.00000280. The van der Waals surface area contributed by atoms with Gasteiger partial charge in [-0.1, -0.05) is 6.42 Å². The van der Waals surface area contributed by atoms with Crippen molar-refractivity contribution in [3.05, 3.63) is 30.1 Å². The van der Waals surface area contributed by atoms with E-state index in [1.54, 1.807) is 4.90 Å². The van der Waals surface area contributed by atoms with Crippen LogP contribution in [-0.4, -0.2) is 35.3 Å². The van der Waals surface area contributed by atoms with Gasteiger partial charge in [0.1, 0.15) is 12.4 Å². The Morgan fingerprint density at radius 1 is 1.18 bits per heavy atom. The number of fused-ring (bicyclic) bond motifs is 2. The van der Waals surface area contributed by atoms with Gasteiger partial charge in [0, 0.05) is 23.7 Å². The van der Waals surface area contributed by atoms with Gasteiger partial charge in [-0.25, -0.2) is 4.39 Å². The minimum absolute atomic E-state index is 0. The first-order valence-electron chi connectivity index (χ1n) is 9.96. The van der Waals surface area contributed by atoms with Gasteiger partial charge in [-0.2, -0.15) is 0 Å². The summed E-state index contributed by atoms with van der Waals surface area (Å²) in [6, 6.07) is 5.77. The van der Waals surface area contributed by atoms with E-state index < -0.39 is 0 Å². The Labute approximate surface area is 172 Å². The second-order valence-corrected chi connectivity index (χ2v) is 8.31. The van der Waals surface area contributed by atoms with Crippen LogP contribution in [0, 0.1) is 23.6 Å². The van der Waals surface area contributed by atoms with Crippen LogP contribution < -0.4 is 11.1 Å². The van der Waals surface area contributed by atoms with Crippen molar-refractivity contribution >= 4 is 29.9 Å². The highest BCUT2D eigenvalue weighted by Gasteiger charge is 2.42. The maximum Gasteiger partial charge on any atom is 0.244 e. The quantitative estimate of drug-likeness (QED) is 0.777. The number of anilines is 1. The van der Waals surface area contributed by atoms with Crippen molar-refractivity contribution in [3.63, 3.8) is 0 Å². The van der Waals surface area contributed by atoms with Crippen molar-refractivity contribution in [1.82, 2.24) is 4.90 Å². The van der Waals surface area contributed by atoms with Crippen molar-refractivity contribution in [2.24, 2.45) is 23.5 Å². The number of carbonyl (C=O) groups is 2. The summed E-state index contributed by atoms with van der Waals surface area (Å²) in [4.78, 5) is 27.3. The number of carbonyl (C=O) groups excluding carboxylic acids is 2. The first kappa shape index (κ1) is 22.6. The summed E-state index contributed by atoms with van der Waals surface area (Å²) in [6.45, 7) is 3.86. The third-order valence-electron chi connectivity index (χ3n) is 6.11.